The van der Waals surface area contributed by atoms with Gasteiger partial charge in [-0.15, -0.1) is 5.10 Å². The molecule has 4 aromatic rings. The molecule has 1 amide bonds. The van der Waals surface area contributed by atoms with Gasteiger partial charge in [0.2, 0.25) is 5.82 Å². The van der Waals surface area contributed by atoms with E-state index in [0.29, 0.717) is 21.6 Å². The molecular weight excluding hydrogens is 419 g/mol. The predicted molar refractivity (Wildman–Crippen MR) is 121 cm³/mol. The largest absolute Gasteiger partial charge is 0.319 e. The standard InChI is InChI=1S/C23H18Cl2N4O/c1-14-8-9-15(2)20(12-14)26-23(30)21-27-22(16-6-4-3-5-7-16)29(28-21)17-10-11-18(24)19(25)13-17/h3-13H,1-2H3,(H,26,30). The van der Waals surface area contributed by atoms with Gasteiger partial charge < -0.3 is 5.32 Å². The van der Waals surface area contributed by atoms with Crippen LogP contribution in [-0.4, -0.2) is 20.7 Å². The molecule has 1 heterocycles. The van der Waals surface area contributed by atoms with Crippen LogP contribution >= 0.6 is 23.2 Å². The number of amides is 1. The Morgan fingerprint density at radius 1 is 0.933 bits per heavy atom. The number of carbonyl (C=O) groups excluding carboxylic acids is 1. The summed E-state index contributed by atoms with van der Waals surface area (Å²) >= 11 is 12.3. The number of carbonyl (C=O) groups is 1. The van der Waals surface area contributed by atoms with Crippen LogP contribution in [0.3, 0.4) is 0 Å². The van der Waals surface area contributed by atoms with Gasteiger partial charge in [-0.1, -0.05) is 65.7 Å². The van der Waals surface area contributed by atoms with E-state index in [9.17, 15) is 4.79 Å². The molecule has 7 heteroatoms. The number of hydrogen-bond donors (Lipinski definition) is 1. The fraction of sp³-hybridized carbons (Fsp3) is 0.0870. The molecule has 0 spiro atoms. The lowest BCUT2D eigenvalue weighted by Gasteiger charge is -2.07. The molecule has 3 aromatic carbocycles. The summed E-state index contributed by atoms with van der Waals surface area (Å²) < 4.78 is 1.59. The summed E-state index contributed by atoms with van der Waals surface area (Å²) in [5.41, 5.74) is 4.21. The molecule has 0 aliphatic carbocycles. The van der Waals surface area contributed by atoms with Crippen LogP contribution in [0.25, 0.3) is 17.1 Å². The maximum Gasteiger partial charge on any atom is 0.295 e. The van der Waals surface area contributed by atoms with Crippen molar-refractivity contribution < 1.29 is 4.79 Å². The minimum absolute atomic E-state index is 0.0563. The van der Waals surface area contributed by atoms with Crippen LogP contribution in [-0.2, 0) is 0 Å². The van der Waals surface area contributed by atoms with Crippen molar-refractivity contribution in [2.75, 3.05) is 5.32 Å². The van der Waals surface area contributed by atoms with Gasteiger partial charge in [0.15, 0.2) is 5.82 Å². The van der Waals surface area contributed by atoms with Gasteiger partial charge in [-0.25, -0.2) is 9.67 Å². The van der Waals surface area contributed by atoms with Crippen molar-refractivity contribution >= 4 is 34.8 Å². The Bertz CT molecular complexity index is 1240. The minimum atomic E-state index is -0.389. The van der Waals surface area contributed by atoms with Gasteiger partial charge in [-0.2, -0.15) is 0 Å². The van der Waals surface area contributed by atoms with Gasteiger partial charge in [0, 0.05) is 11.3 Å². The molecule has 0 fully saturated rings. The lowest BCUT2D eigenvalue weighted by molar-refractivity contribution is 0.101. The second-order valence-electron chi connectivity index (χ2n) is 6.91. The SMILES string of the molecule is Cc1ccc(C)c(NC(=O)c2nc(-c3ccccc3)n(-c3ccc(Cl)c(Cl)c3)n2)c1. The summed E-state index contributed by atoms with van der Waals surface area (Å²) in [6.07, 6.45) is 0. The van der Waals surface area contributed by atoms with E-state index in [-0.39, 0.29) is 11.7 Å². The number of nitrogens with one attached hydrogen (secondary N) is 1. The van der Waals surface area contributed by atoms with Crippen molar-refractivity contribution in [2.24, 2.45) is 0 Å². The average molecular weight is 437 g/mol. The van der Waals surface area contributed by atoms with Gasteiger partial charge in [-0.05, 0) is 49.2 Å². The molecule has 150 valence electrons. The average Bonchev–Trinajstić information content (AvgIpc) is 3.19. The van der Waals surface area contributed by atoms with Gasteiger partial charge in [0.25, 0.3) is 5.91 Å². The van der Waals surface area contributed by atoms with Crippen molar-refractivity contribution in [1.29, 1.82) is 0 Å². The number of halogens is 2. The number of aryl methyl sites for hydroxylation is 2. The molecule has 0 aliphatic rings. The third kappa shape index (κ3) is 4.08. The van der Waals surface area contributed by atoms with Crippen LogP contribution in [0, 0.1) is 13.8 Å². The smallest absolute Gasteiger partial charge is 0.295 e. The van der Waals surface area contributed by atoms with Crippen molar-refractivity contribution in [1.82, 2.24) is 14.8 Å². The van der Waals surface area contributed by atoms with E-state index < -0.39 is 0 Å². The minimum Gasteiger partial charge on any atom is -0.319 e. The third-order valence-corrected chi connectivity index (χ3v) is 5.37. The normalized spacial score (nSPS) is 10.8. The number of anilines is 1. The topological polar surface area (TPSA) is 59.8 Å². The highest BCUT2D eigenvalue weighted by molar-refractivity contribution is 6.42. The molecule has 1 N–H and O–H groups in total. The molecule has 1 aromatic heterocycles. The molecule has 0 bridgehead atoms. The second kappa shape index (κ2) is 8.30. The van der Waals surface area contributed by atoms with Crippen LogP contribution in [0.4, 0.5) is 5.69 Å². The maximum atomic E-state index is 12.9. The van der Waals surface area contributed by atoms with E-state index in [1.807, 2.05) is 62.4 Å². The number of aromatic nitrogens is 3. The summed E-state index contributed by atoms with van der Waals surface area (Å²) in [5.74, 6) is 0.195. The van der Waals surface area contributed by atoms with Crippen LogP contribution < -0.4 is 5.32 Å². The Morgan fingerprint density at radius 3 is 2.43 bits per heavy atom. The van der Waals surface area contributed by atoms with Crippen LogP contribution in [0.5, 0.6) is 0 Å². The molecule has 0 unspecified atom stereocenters. The molecule has 0 saturated heterocycles. The lowest BCUT2D eigenvalue weighted by atomic mass is 10.1. The van der Waals surface area contributed by atoms with Gasteiger partial charge >= 0.3 is 0 Å². The fourth-order valence-electron chi connectivity index (χ4n) is 3.03. The molecule has 4 rings (SSSR count). The number of rotatable bonds is 4. The van der Waals surface area contributed by atoms with Crippen LogP contribution in [0.2, 0.25) is 10.0 Å². The van der Waals surface area contributed by atoms with Gasteiger partial charge in [0.1, 0.15) is 0 Å². The molecule has 30 heavy (non-hydrogen) atoms. The van der Waals surface area contributed by atoms with Gasteiger partial charge in [-0.3, -0.25) is 4.79 Å². The Balaban J connectivity index is 1.78. The van der Waals surface area contributed by atoms with E-state index in [4.69, 9.17) is 23.2 Å². The molecule has 0 aliphatic heterocycles. The molecular formula is C23H18Cl2N4O. The van der Waals surface area contributed by atoms with E-state index in [1.54, 1.807) is 22.9 Å². The highest BCUT2D eigenvalue weighted by atomic mass is 35.5. The highest BCUT2D eigenvalue weighted by Crippen LogP contribution is 2.27. The van der Waals surface area contributed by atoms with Gasteiger partial charge in [0.05, 0.1) is 15.7 Å². The van der Waals surface area contributed by atoms with E-state index in [1.165, 1.54) is 0 Å². The van der Waals surface area contributed by atoms with E-state index in [0.717, 1.165) is 22.4 Å². The Kier molecular flexibility index (Phi) is 5.57. The van der Waals surface area contributed by atoms with Crippen molar-refractivity contribution in [3.05, 3.63) is 93.7 Å². The fourth-order valence-corrected chi connectivity index (χ4v) is 3.32. The molecule has 0 saturated carbocycles. The first-order chi connectivity index (χ1) is 14.4. The first-order valence-electron chi connectivity index (χ1n) is 9.29. The molecule has 5 nitrogen and oxygen atoms in total. The maximum absolute atomic E-state index is 12.9. The lowest BCUT2D eigenvalue weighted by Crippen LogP contribution is -2.15. The Labute approximate surface area is 184 Å². The number of hydrogen-bond acceptors (Lipinski definition) is 3. The second-order valence-corrected chi connectivity index (χ2v) is 7.72. The molecule has 0 atom stereocenters. The van der Waals surface area contributed by atoms with Crippen LogP contribution in [0.1, 0.15) is 21.7 Å². The quantitative estimate of drug-likeness (QED) is 0.419. The van der Waals surface area contributed by atoms with Crippen molar-refractivity contribution in [3.63, 3.8) is 0 Å². The number of nitrogens with zero attached hydrogens (tertiary/aromatic N) is 3. The highest BCUT2D eigenvalue weighted by Gasteiger charge is 2.20. The Hall–Kier alpha value is -3.15. The number of benzene rings is 3. The van der Waals surface area contributed by atoms with E-state index >= 15 is 0 Å². The zero-order valence-corrected chi connectivity index (χ0v) is 17.9. The summed E-state index contributed by atoms with van der Waals surface area (Å²) in [6, 6.07) is 20.6. The predicted octanol–water partition coefficient (Wildman–Crippen LogP) is 6.11. The molecule has 0 radical (unpaired) electrons. The zero-order chi connectivity index (χ0) is 21.3. The Morgan fingerprint density at radius 2 is 1.70 bits per heavy atom. The van der Waals surface area contributed by atoms with Crippen LogP contribution in [0.15, 0.2) is 66.7 Å². The summed E-state index contributed by atoms with van der Waals surface area (Å²) in [7, 11) is 0. The first-order valence-corrected chi connectivity index (χ1v) is 10.0. The summed E-state index contributed by atoms with van der Waals surface area (Å²) in [4.78, 5) is 17.5. The zero-order valence-electron chi connectivity index (χ0n) is 16.4. The van der Waals surface area contributed by atoms with Crippen molar-refractivity contribution in [3.8, 4) is 17.1 Å². The monoisotopic (exact) mass is 436 g/mol. The first kappa shape index (κ1) is 20.1. The third-order valence-electron chi connectivity index (χ3n) is 4.63. The van der Waals surface area contributed by atoms with Crippen molar-refractivity contribution in [2.45, 2.75) is 13.8 Å². The van der Waals surface area contributed by atoms with E-state index in [2.05, 4.69) is 15.4 Å². The summed E-state index contributed by atoms with van der Waals surface area (Å²) in [6.45, 7) is 3.91. The summed E-state index contributed by atoms with van der Waals surface area (Å²) in [5, 5.41) is 8.21.